The minimum Gasteiger partial charge on any atom is -0.481 e. The number of alkyl carbamates (subject to hydrolysis) is 1. The zero-order valence-corrected chi connectivity index (χ0v) is 20.0. The Balaban J connectivity index is 1.71. The van der Waals surface area contributed by atoms with Gasteiger partial charge in [0, 0.05) is 26.1 Å². The zero-order chi connectivity index (χ0) is 24.9. The molecule has 2 aromatic rings. The summed E-state index contributed by atoms with van der Waals surface area (Å²) in [5.74, 6) is -2.28. The molecule has 0 radical (unpaired) electrons. The lowest BCUT2D eigenvalue weighted by atomic mass is 9.98. The van der Waals surface area contributed by atoms with Gasteiger partial charge in [-0.15, -0.1) is 0 Å². The van der Waals surface area contributed by atoms with E-state index < -0.39 is 29.4 Å². The van der Waals surface area contributed by atoms with Crippen molar-refractivity contribution in [3.8, 4) is 11.1 Å². The minimum absolute atomic E-state index is 0.0241. The second-order valence-electron chi connectivity index (χ2n) is 8.80. The molecular weight excluding hydrogens is 436 g/mol. The Morgan fingerprint density at radius 2 is 1.65 bits per heavy atom. The summed E-state index contributed by atoms with van der Waals surface area (Å²) >= 11 is 0. The molecule has 34 heavy (non-hydrogen) atoms. The monoisotopic (exact) mass is 468 g/mol. The van der Waals surface area contributed by atoms with E-state index in [0.29, 0.717) is 6.54 Å². The molecule has 0 aromatic heterocycles. The lowest BCUT2D eigenvalue weighted by molar-refractivity contribution is -0.145. The number of amides is 2. The van der Waals surface area contributed by atoms with E-state index in [1.165, 1.54) is 18.9 Å². The fourth-order valence-corrected chi connectivity index (χ4v) is 4.41. The van der Waals surface area contributed by atoms with Gasteiger partial charge in [0.05, 0.1) is 12.5 Å². The molecule has 0 heterocycles. The van der Waals surface area contributed by atoms with E-state index in [0.717, 1.165) is 22.3 Å². The number of hydrogen-bond acceptors (Lipinski definition) is 5. The average molecular weight is 469 g/mol. The molecule has 0 spiro atoms. The number of nitrogens with one attached hydrogen (secondary N) is 1. The molecular formula is C26H32N2O6. The molecule has 0 aliphatic heterocycles. The largest absolute Gasteiger partial charge is 0.481 e. The zero-order valence-electron chi connectivity index (χ0n) is 20.0. The number of carboxylic acids is 1. The van der Waals surface area contributed by atoms with E-state index >= 15 is 0 Å². The lowest BCUT2D eigenvalue weighted by Gasteiger charge is -2.34. The molecule has 1 aliphatic rings. The number of aliphatic carboxylic acids is 1. The lowest BCUT2D eigenvalue weighted by Crippen LogP contribution is -2.61. The van der Waals surface area contributed by atoms with E-state index in [1.807, 2.05) is 36.4 Å². The molecule has 8 nitrogen and oxygen atoms in total. The Labute approximate surface area is 199 Å². The fourth-order valence-electron chi connectivity index (χ4n) is 4.41. The maximum atomic E-state index is 13.3. The molecule has 1 aliphatic carbocycles. The number of fused-ring (bicyclic) bond motifs is 3. The molecule has 8 heteroatoms. The van der Waals surface area contributed by atoms with Crippen molar-refractivity contribution in [2.45, 2.75) is 32.2 Å². The summed E-state index contributed by atoms with van der Waals surface area (Å²) in [7, 11) is 1.43. The van der Waals surface area contributed by atoms with Gasteiger partial charge in [-0.2, -0.15) is 0 Å². The molecule has 2 unspecified atom stereocenters. The van der Waals surface area contributed by atoms with Gasteiger partial charge in [0.25, 0.3) is 5.91 Å². The molecule has 182 valence electrons. The summed E-state index contributed by atoms with van der Waals surface area (Å²) in [5, 5.41) is 11.9. The van der Waals surface area contributed by atoms with E-state index in [1.54, 1.807) is 13.8 Å². The van der Waals surface area contributed by atoms with Crippen LogP contribution in [0.2, 0.25) is 0 Å². The number of carbonyl (C=O) groups is 3. The van der Waals surface area contributed by atoms with Gasteiger partial charge in [-0.1, -0.05) is 55.5 Å². The maximum Gasteiger partial charge on any atom is 0.408 e. The van der Waals surface area contributed by atoms with Gasteiger partial charge < -0.3 is 24.8 Å². The van der Waals surface area contributed by atoms with Crippen LogP contribution in [0.4, 0.5) is 4.79 Å². The number of hydrogen-bond donors (Lipinski definition) is 2. The number of benzene rings is 2. The van der Waals surface area contributed by atoms with Crippen molar-refractivity contribution < 1.29 is 29.0 Å². The number of ether oxygens (including phenoxy) is 2. The summed E-state index contributed by atoms with van der Waals surface area (Å²) in [6, 6.07) is 16.1. The first-order valence-electron chi connectivity index (χ1n) is 11.4. The topological polar surface area (TPSA) is 105 Å². The second-order valence-corrected chi connectivity index (χ2v) is 8.80. The van der Waals surface area contributed by atoms with Crippen LogP contribution in [0.3, 0.4) is 0 Å². The highest BCUT2D eigenvalue weighted by Crippen LogP contribution is 2.44. The van der Waals surface area contributed by atoms with E-state index in [4.69, 9.17) is 9.47 Å². The average Bonchev–Trinajstić information content (AvgIpc) is 3.14. The van der Waals surface area contributed by atoms with Crippen molar-refractivity contribution in [3.63, 3.8) is 0 Å². The van der Waals surface area contributed by atoms with Crippen LogP contribution in [0.1, 0.15) is 37.8 Å². The number of likely N-dealkylation sites (N-methyl/N-ethyl adjacent to an activating group) is 1. The molecule has 2 amide bonds. The minimum atomic E-state index is -1.41. The van der Waals surface area contributed by atoms with Crippen LogP contribution in [0.15, 0.2) is 48.5 Å². The van der Waals surface area contributed by atoms with Crippen LogP contribution in [0.25, 0.3) is 11.1 Å². The Morgan fingerprint density at radius 3 is 2.15 bits per heavy atom. The smallest absolute Gasteiger partial charge is 0.408 e. The SMILES string of the molecule is CCN(CC(C)C(=O)O)C(=O)C(C)(COC)NC(=O)OCC1c2ccccc2-c2ccccc21. The summed E-state index contributed by atoms with van der Waals surface area (Å²) in [6.07, 6.45) is -0.739. The Bertz CT molecular complexity index is 1010. The summed E-state index contributed by atoms with van der Waals surface area (Å²) in [4.78, 5) is 38.7. The van der Waals surface area contributed by atoms with Gasteiger partial charge in [0.2, 0.25) is 0 Å². The Hall–Kier alpha value is -3.39. The molecule has 0 saturated heterocycles. The predicted octanol–water partition coefficient (Wildman–Crippen LogP) is 3.50. The third kappa shape index (κ3) is 5.22. The molecule has 2 N–H and O–H groups in total. The fraction of sp³-hybridized carbons (Fsp3) is 0.423. The van der Waals surface area contributed by atoms with Crippen LogP contribution in [-0.2, 0) is 19.1 Å². The standard InChI is InChI=1S/C26H32N2O6/c1-5-28(14-17(2)23(29)30)24(31)26(3,16-33-4)27-25(32)34-15-22-20-12-8-6-10-18(20)19-11-7-9-13-21(19)22/h6-13,17,22H,5,14-16H2,1-4H3,(H,27,32)(H,29,30). The summed E-state index contributed by atoms with van der Waals surface area (Å²) in [6.45, 7) is 5.18. The van der Waals surface area contributed by atoms with Gasteiger partial charge in [0.1, 0.15) is 12.1 Å². The highest BCUT2D eigenvalue weighted by atomic mass is 16.5. The van der Waals surface area contributed by atoms with Gasteiger partial charge in [-0.3, -0.25) is 9.59 Å². The van der Waals surface area contributed by atoms with Gasteiger partial charge in [0.15, 0.2) is 0 Å². The summed E-state index contributed by atoms with van der Waals surface area (Å²) < 4.78 is 10.8. The Kier molecular flexibility index (Phi) is 7.94. The normalized spacial score (nSPS) is 14.9. The molecule has 0 bridgehead atoms. The quantitative estimate of drug-likeness (QED) is 0.553. The first-order chi connectivity index (χ1) is 16.2. The molecule has 0 saturated carbocycles. The van der Waals surface area contributed by atoms with E-state index in [2.05, 4.69) is 17.4 Å². The first kappa shape index (κ1) is 25.2. The number of carbonyl (C=O) groups excluding carboxylic acids is 2. The maximum absolute atomic E-state index is 13.3. The highest BCUT2D eigenvalue weighted by Gasteiger charge is 2.40. The van der Waals surface area contributed by atoms with Crippen molar-refractivity contribution in [2.75, 3.05) is 33.4 Å². The molecule has 0 fully saturated rings. The van der Waals surface area contributed by atoms with Crippen molar-refractivity contribution >= 4 is 18.0 Å². The third-order valence-electron chi connectivity index (χ3n) is 6.21. The van der Waals surface area contributed by atoms with Crippen molar-refractivity contribution in [1.82, 2.24) is 10.2 Å². The van der Waals surface area contributed by atoms with Crippen LogP contribution in [0, 0.1) is 5.92 Å². The number of methoxy groups -OCH3 is 1. The van der Waals surface area contributed by atoms with Gasteiger partial charge in [-0.25, -0.2) is 4.79 Å². The Morgan fingerprint density at radius 1 is 1.09 bits per heavy atom. The van der Waals surface area contributed by atoms with E-state index in [9.17, 15) is 19.5 Å². The third-order valence-corrected chi connectivity index (χ3v) is 6.21. The van der Waals surface area contributed by atoms with Crippen molar-refractivity contribution in [2.24, 2.45) is 5.92 Å². The number of nitrogens with zero attached hydrogens (tertiary/aromatic N) is 1. The van der Waals surface area contributed by atoms with Gasteiger partial charge in [-0.05, 0) is 36.1 Å². The molecule has 2 atom stereocenters. The molecule has 3 rings (SSSR count). The number of carboxylic acid groups (broad SMARTS) is 1. The summed E-state index contributed by atoms with van der Waals surface area (Å²) in [5.41, 5.74) is 3.01. The van der Waals surface area contributed by atoms with Crippen molar-refractivity contribution in [1.29, 1.82) is 0 Å². The van der Waals surface area contributed by atoms with Crippen LogP contribution >= 0.6 is 0 Å². The predicted molar refractivity (Wildman–Crippen MR) is 128 cm³/mol. The van der Waals surface area contributed by atoms with Gasteiger partial charge >= 0.3 is 12.1 Å². The van der Waals surface area contributed by atoms with Crippen molar-refractivity contribution in [3.05, 3.63) is 59.7 Å². The van der Waals surface area contributed by atoms with Crippen LogP contribution in [0.5, 0.6) is 0 Å². The number of rotatable bonds is 10. The molecule has 2 aromatic carbocycles. The highest BCUT2D eigenvalue weighted by molar-refractivity contribution is 5.90. The van der Waals surface area contributed by atoms with Crippen LogP contribution in [-0.4, -0.2) is 66.9 Å². The first-order valence-corrected chi connectivity index (χ1v) is 11.4. The van der Waals surface area contributed by atoms with Crippen LogP contribution < -0.4 is 5.32 Å². The second kappa shape index (κ2) is 10.7. The van der Waals surface area contributed by atoms with E-state index in [-0.39, 0.29) is 25.7 Å².